The van der Waals surface area contributed by atoms with Crippen molar-refractivity contribution in [3.8, 4) is 23.0 Å². The number of hydrogen-bond donors (Lipinski definition) is 0. The summed E-state index contributed by atoms with van der Waals surface area (Å²) >= 11 is -4.60. The molecular weight excluding hydrogens is 766 g/mol. The lowest BCUT2D eigenvalue weighted by Crippen LogP contribution is -3.85. The monoisotopic (exact) mass is 798 g/mol. The second-order valence-corrected chi connectivity index (χ2v) is 15.7. The summed E-state index contributed by atoms with van der Waals surface area (Å²) < 4.78 is 173. The van der Waals surface area contributed by atoms with E-state index in [1.54, 1.807) is 0 Å². The van der Waals surface area contributed by atoms with Crippen molar-refractivity contribution >= 4 is 10.1 Å². The standard InChI is InChI=1S/C27H32F9IO7S/c1-5-6-7-8-9-10-15-43-19-13-11-18(12-14-19)37(23-21(41-3)16-20(40-2)17-22(23)42-4)44-45(38,39)27(35,36)25(30,31)24(28,29)26(32,33)34/h11-14,16-17H,5-10,15H2,1-4H3/q+1. The molecule has 18 heteroatoms. The molecule has 0 unspecified atom stereocenters. The lowest BCUT2D eigenvalue weighted by Gasteiger charge is -2.32. The van der Waals surface area contributed by atoms with Crippen molar-refractivity contribution in [1.82, 2.24) is 0 Å². The third-order valence-electron chi connectivity index (χ3n) is 6.18. The predicted molar refractivity (Wildman–Crippen MR) is 140 cm³/mol. The van der Waals surface area contributed by atoms with E-state index < -0.39 is 53.6 Å². The first kappa shape index (κ1) is 38.8. The minimum Gasteiger partial charge on any atom is -0.496 e. The molecule has 0 heterocycles. The van der Waals surface area contributed by atoms with Crippen LogP contribution >= 0.6 is 0 Å². The number of unbranched alkanes of at least 4 members (excludes halogenated alkanes) is 5. The minimum absolute atomic E-state index is 0.0475. The highest BCUT2D eigenvalue weighted by molar-refractivity contribution is 7.87. The second-order valence-electron chi connectivity index (χ2n) is 9.35. The topological polar surface area (TPSA) is 80.3 Å². The number of methoxy groups -OCH3 is 3. The molecule has 2 aromatic carbocycles. The fourth-order valence-corrected chi connectivity index (χ4v) is 11.1. The van der Waals surface area contributed by atoms with E-state index in [1.165, 1.54) is 19.2 Å². The number of benzene rings is 2. The zero-order valence-electron chi connectivity index (χ0n) is 24.5. The van der Waals surface area contributed by atoms with Crippen LogP contribution in [-0.2, 0) is 12.6 Å². The van der Waals surface area contributed by atoms with E-state index in [9.17, 15) is 47.9 Å². The quantitative estimate of drug-likeness (QED) is 0.122. The summed E-state index contributed by atoms with van der Waals surface area (Å²) in [6.07, 6.45) is -1.39. The highest BCUT2D eigenvalue weighted by atomic mass is 127. The van der Waals surface area contributed by atoms with Crippen molar-refractivity contribution in [1.29, 1.82) is 0 Å². The molecule has 1 radical (unpaired) electrons. The molecule has 0 N–H and O–H groups in total. The van der Waals surface area contributed by atoms with Crippen molar-refractivity contribution in [3.63, 3.8) is 0 Å². The van der Waals surface area contributed by atoms with E-state index >= 15 is 0 Å². The number of halogens is 10. The maximum atomic E-state index is 14.7. The number of rotatable bonds is 18. The van der Waals surface area contributed by atoms with Gasteiger partial charge >= 0.3 is 53.6 Å². The number of alkyl halides is 9. The SMILES string of the molecule is CCCCCCCCOc1ccc([I+](OS(=O)(=O)C(F)(F)C(F)(F)C(F)(F)C(F)(F)F)c2c(OC)cc(OC)cc2OC)cc1. The van der Waals surface area contributed by atoms with Crippen molar-refractivity contribution in [2.45, 2.75) is 68.7 Å². The molecule has 0 aromatic heterocycles. The van der Waals surface area contributed by atoms with Crippen molar-refractivity contribution in [2.24, 2.45) is 0 Å². The molecule has 2 aromatic rings. The summed E-state index contributed by atoms with van der Waals surface area (Å²) in [5.74, 6) is -15.2. The number of ether oxygens (including phenoxy) is 4. The first-order valence-electron chi connectivity index (χ1n) is 13.2. The summed E-state index contributed by atoms with van der Waals surface area (Å²) in [5.41, 5.74) is 0. The maximum absolute atomic E-state index is 14.7. The molecule has 0 atom stereocenters. The highest BCUT2D eigenvalue weighted by Gasteiger charge is 2.86. The van der Waals surface area contributed by atoms with E-state index in [2.05, 4.69) is 9.44 Å². The smallest absolute Gasteiger partial charge is 0.460 e. The molecule has 0 aliphatic heterocycles. The minimum atomic E-state index is -7.47. The van der Waals surface area contributed by atoms with E-state index in [0.717, 1.165) is 70.6 Å². The van der Waals surface area contributed by atoms with E-state index in [0.29, 0.717) is 13.0 Å². The fourth-order valence-electron chi connectivity index (χ4n) is 3.67. The van der Waals surface area contributed by atoms with Crippen LogP contribution in [0.1, 0.15) is 45.4 Å². The van der Waals surface area contributed by atoms with E-state index in [-0.39, 0.29) is 30.1 Å². The Morgan fingerprint density at radius 1 is 0.689 bits per heavy atom. The summed E-state index contributed by atoms with van der Waals surface area (Å²) in [7, 11) is -3.88. The zero-order valence-corrected chi connectivity index (χ0v) is 27.4. The van der Waals surface area contributed by atoms with Gasteiger partial charge in [0.15, 0.2) is 15.1 Å². The maximum Gasteiger partial charge on any atom is 0.460 e. The van der Waals surface area contributed by atoms with Gasteiger partial charge in [-0.1, -0.05) is 39.0 Å². The van der Waals surface area contributed by atoms with E-state index in [4.69, 9.17) is 18.9 Å². The molecule has 7 nitrogen and oxygen atoms in total. The van der Waals surface area contributed by atoms with Crippen LogP contribution in [-0.4, -0.2) is 59.6 Å². The zero-order chi connectivity index (χ0) is 34.3. The largest absolute Gasteiger partial charge is 0.496 e. The second kappa shape index (κ2) is 15.5. The van der Waals surface area contributed by atoms with Gasteiger partial charge in [-0.3, -0.25) is 0 Å². The van der Waals surface area contributed by atoms with Crippen LogP contribution in [0.4, 0.5) is 39.5 Å². The van der Waals surface area contributed by atoms with Crippen molar-refractivity contribution in [3.05, 3.63) is 43.5 Å². The molecule has 0 spiro atoms. The Hall–Kier alpha value is -2.35. The van der Waals surface area contributed by atoms with Gasteiger partial charge in [0.05, 0.1) is 27.9 Å². The summed E-state index contributed by atoms with van der Waals surface area (Å²) in [6, 6.07) is 7.17. The Bertz CT molecular complexity index is 1330. The van der Waals surface area contributed by atoms with Gasteiger partial charge in [0.1, 0.15) is 11.5 Å². The average Bonchev–Trinajstić information content (AvgIpc) is 2.98. The van der Waals surface area contributed by atoms with Crippen LogP contribution < -0.4 is 39.2 Å². The normalized spacial score (nSPS) is 13.2. The van der Waals surface area contributed by atoms with Crippen LogP contribution in [0.3, 0.4) is 0 Å². The Morgan fingerprint density at radius 2 is 1.20 bits per heavy atom. The Kier molecular flexibility index (Phi) is 13.4. The average molecular weight is 798 g/mol. The molecule has 45 heavy (non-hydrogen) atoms. The highest BCUT2D eigenvalue weighted by Crippen LogP contribution is 2.54. The Labute approximate surface area is 262 Å². The molecule has 0 bridgehead atoms. The van der Waals surface area contributed by atoms with Gasteiger partial charge < -0.3 is 18.9 Å². The lowest BCUT2D eigenvalue weighted by atomic mass is 10.1. The van der Waals surface area contributed by atoms with Gasteiger partial charge in [-0.2, -0.15) is 47.9 Å². The van der Waals surface area contributed by atoms with Crippen LogP contribution in [0, 0.1) is 7.14 Å². The first-order chi connectivity index (χ1) is 20.8. The molecule has 257 valence electrons. The van der Waals surface area contributed by atoms with Crippen molar-refractivity contribution < 1.29 is 89.6 Å². The third kappa shape index (κ3) is 8.52. The van der Waals surface area contributed by atoms with Gasteiger partial charge in [0.25, 0.3) is 3.57 Å². The Morgan fingerprint density at radius 3 is 1.67 bits per heavy atom. The van der Waals surface area contributed by atoms with Gasteiger partial charge in [0.2, 0.25) is 0 Å². The summed E-state index contributed by atoms with van der Waals surface area (Å²) in [4.78, 5) is 0. The van der Waals surface area contributed by atoms with Crippen LogP contribution in [0.15, 0.2) is 36.4 Å². The van der Waals surface area contributed by atoms with Gasteiger partial charge in [0, 0.05) is 12.1 Å². The van der Waals surface area contributed by atoms with E-state index in [1.807, 2.05) is 0 Å². The first-order valence-corrected chi connectivity index (χ1v) is 17.6. The lowest BCUT2D eigenvalue weighted by molar-refractivity contribution is -1.03. The summed E-state index contributed by atoms with van der Waals surface area (Å²) in [6.45, 7) is 2.38. The molecule has 0 saturated heterocycles. The van der Waals surface area contributed by atoms with Crippen LogP contribution in [0.25, 0.3) is 0 Å². The summed E-state index contributed by atoms with van der Waals surface area (Å²) in [5, 5.41) is -7.05. The Balaban J connectivity index is 2.58. The van der Waals surface area contributed by atoms with Gasteiger partial charge in [-0.25, -0.2) is 0 Å². The molecule has 0 aliphatic carbocycles. The van der Waals surface area contributed by atoms with Crippen LogP contribution in [0.5, 0.6) is 23.0 Å². The van der Waals surface area contributed by atoms with Crippen LogP contribution in [0.2, 0.25) is 0 Å². The third-order valence-corrected chi connectivity index (χ3v) is 13.7. The molecule has 0 saturated carbocycles. The van der Waals surface area contributed by atoms with Crippen molar-refractivity contribution in [2.75, 3.05) is 27.9 Å². The molecular formula is C27H32F9IO7S+. The molecule has 0 amide bonds. The van der Waals surface area contributed by atoms with Gasteiger partial charge in [-0.05, 0) is 33.2 Å². The predicted octanol–water partition coefficient (Wildman–Crippen LogP) is 4.80. The fraction of sp³-hybridized carbons (Fsp3) is 0.556. The molecule has 2 rings (SSSR count). The molecule has 0 aliphatic rings. The molecule has 0 fully saturated rings. The number of hydrogen-bond acceptors (Lipinski definition) is 7. The van der Waals surface area contributed by atoms with Gasteiger partial charge in [-0.15, -0.1) is 0 Å².